The molecule has 3 rings (SSSR count). The minimum Gasteiger partial charge on any atom is -0.493 e. The summed E-state index contributed by atoms with van der Waals surface area (Å²) >= 11 is 0. The second-order valence-electron chi connectivity index (χ2n) is 6.46. The van der Waals surface area contributed by atoms with Crippen LogP contribution in [-0.4, -0.2) is 50.7 Å². The van der Waals surface area contributed by atoms with Crippen LogP contribution < -0.4 is 14.4 Å². The fourth-order valence-corrected chi connectivity index (χ4v) is 3.18. The molecular formula is C21H26N2O3. The highest BCUT2D eigenvalue weighted by Gasteiger charge is 2.21. The standard InChI is InChI=1S/C21H26N2O3/c1-17-6-5-7-18(16-17)22-11-13-23(14-12-22)21(24)10-15-26-20-9-4-3-8-19(20)25-2/h3-9,16H,10-15H2,1-2H3. The van der Waals surface area contributed by atoms with E-state index in [-0.39, 0.29) is 5.91 Å². The van der Waals surface area contributed by atoms with E-state index < -0.39 is 0 Å². The number of anilines is 1. The number of carbonyl (C=O) groups is 1. The van der Waals surface area contributed by atoms with Crippen molar-refractivity contribution in [1.29, 1.82) is 0 Å². The van der Waals surface area contributed by atoms with E-state index in [1.54, 1.807) is 7.11 Å². The zero-order valence-electron chi connectivity index (χ0n) is 15.5. The first kappa shape index (κ1) is 18.1. The van der Waals surface area contributed by atoms with Crippen molar-refractivity contribution in [3.8, 4) is 11.5 Å². The lowest BCUT2D eigenvalue weighted by molar-refractivity contribution is -0.132. The van der Waals surface area contributed by atoms with Crippen molar-refractivity contribution in [2.75, 3.05) is 44.8 Å². The highest BCUT2D eigenvalue weighted by molar-refractivity contribution is 5.76. The van der Waals surface area contributed by atoms with E-state index in [0.717, 1.165) is 26.2 Å². The van der Waals surface area contributed by atoms with Crippen LogP contribution >= 0.6 is 0 Å². The molecule has 5 nitrogen and oxygen atoms in total. The van der Waals surface area contributed by atoms with Gasteiger partial charge in [-0.25, -0.2) is 0 Å². The number of hydrogen-bond acceptors (Lipinski definition) is 4. The van der Waals surface area contributed by atoms with Crippen LogP contribution in [0.25, 0.3) is 0 Å². The smallest absolute Gasteiger partial charge is 0.226 e. The lowest BCUT2D eigenvalue weighted by Crippen LogP contribution is -2.49. The third-order valence-corrected chi connectivity index (χ3v) is 4.64. The summed E-state index contributed by atoms with van der Waals surface area (Å²) < 4.78 is 11.0. The molecule has 1 aliphatic heterocycles. The van der Waals surface area contributed by atoms with E-state index in [1.807, 2.05) is 29.2 Å². The summed E-state index contributed by atoms with van der Waals surface area (Å²) in [5.41, 5.74) is 2.49. The quantitative estimate of drug-likeness (QED) is 0.799. The van der Waals surface area contributed by atoms with Gasteiger partial charge in [-0.05, 0) is 36.8 Å². The molecule has 1 saturated heterocycles. The molecule has 2 aromatic carbocycles. The van der Waals surface area contributed by atoms with Gasteiger partial charge in [-0.3, -0.25) is 4.79 Å². The molecule has 0 aliphatic carbocycles. The van der Waals surface area contributed by atoms with Gasteiger partial charge < -0.3 is 19.3 Å². The Hall–Kier alpha value is -2.69. The Morgan fingerprint density at radius 3 is 2.42 bits per heavy atom. The lowest BCUT2D eigenvalue weighted by atomic mass is 10.2. The average molecular weight is 354 g/mol. The van der Waals surface area contributed by atoms with Crippen LogP contribution in [0.3, 0.4) is 0 Å². The van der Waals surface area contributed by atoms with E-state index in [1.165, 1.54) is 11.3 Å². The second kappa shape index (κ2) is 8.61. The van der Waals surface area contributed by atoms with E-state index in [2.05, 4.69) is 36.1 Å². The number of piperazine rings is 1. The number of rotatable bonds is 6. The van der Waals surface area contributed by atoms with Crippen LogP contribution in [0.1, 0.15) is 12.0 Å². The van der Waals surface area contributed by atoms with Gasteiger partial charge in [0, 0.05) is 31.9 Å². The summed E-state index contributed by atoms with van der Waals surface area (Å²) in [4.78, 5) is 16.7. The molecule has 138 valence electrons. The first-order chi connectivity index (χ1) is 12.7. The van der Waals surface area contributed by atoms with Gasteiger partial charge >= 0.3 is 0 Å². The van der Waals surface area contributed by atoms with Gasteiger partial charge in [0.25, 0.3) is 0 Å². The van der Waals surface area contributed by atoms with Gasteiger partial charge in [-0.1, -0.05) is 24.3 Å². The Morgan fingerprint density at radius 1 is 1.00 bits per heavy atom. The molecule has 0 aromatic heterocycles. The van der Waals surface area contributed by atoms with E-state index >= 15 is 0 Å². The van der Waals surface area contributed by atoms with Crippen molar-refractivity contribution >= 4 is 11.6 Å². The normalized spacial score (nSPS) is 14.2. The third-order valence-electron chi connectivity index (χ3n) is 4.64. The number of amides is 1. The number of ether oxygens (including phenoxy) is 2. The zero-order valence-corrected chi connectivity index (χ0v) is 15.5. The van der Waals surface area contributed by atoms with E-state index in [9.17, 15) is 4.79 Å². The molecule has 0 saturated carbocycles. The molecule has 1 amide bonds. The van der Waals surface area contributed by atoms with Gasteiger partial charge in [0.1, 0.15) is 0 Å². The fraction of sp³-hybridized carbons (Fsp3) is 0.381. The Kier molecular flexibility index (Phi) is 6.00. The van der Waals surface area contributed by atoms with Gasteiger partial charge in [-0.15, -0.1) is 0 Å². The van der Waals surface area contributed by atoms with Gasteiger partial charge in [0.15, 0.2) is 11.5 Å². The molecule has 5 heteroatoms. The number of nitrogens with zero attached hydrogens (tertiary/aromatic N) is 2. The van der Waals surface area contributed by atoms with Crippen molar-refractivity contribution in [2.24, 2.45) is 0 Å². The monoisotopic (exact) mass is 354 g/mol. The van der Waals surface area contributed by atoms with Crippen molar-refractivity contribution in [3.63, 3.8) is 0 Å². The molecule has 0 spiro atoms. The lowest BCUT2D eigenvalue weighted by Gasteiger charge is -2.36. The number of hydrogen-bond donors (Lipinski definition) is 0. The van der Waals surface area contributed by atoms with E-state index in [0.29, 0.717) is 24.5 Å². The fourth-order valence-electron chi connectivity index (χ4n) is 3.18. The maximum atomic E-state index is 12.4. The molecule has 0 unspecified atom stereocenters. The van der Waals surface area contributed by atoms with Gasteiger partial charge in [0.2, 0.25) is 5.91 Å². The molecule has 0 N–H and O–H groups in total. The third kappa shape index (κ3) is 4.48. The molecule has 0 radical (unpaired) electrons. The maximum absolute atomic E-state index is 12.4. The topological polar surface area (TPSA) is 42.0 Å². The van der Waals surface area contributed by atoms with Crippen LogP contribution in [-0.2, 0) is 4.79 Å². The van der Waals surface area contributed by atoms with Crippen LogP contribution in [0.15, 0.2) is 48.5 Å². The van der Waals surface area contributed by atoms with Crippen molar-refractivity contribution in [2.45, 2.75) is 13.3 Å². The molecule has 1 fully saturated rings. The number of aryl methyl sites for hydroxylation is 1. The summed E-state index contributed by atoms with van der Waals surface area (Å²) in [7, 11) is 1.61. The van der Waals surface area contributed by atoms with E-state index in [4.69, 9.17) is 9.47 Å². The summed E-state index contributed by atoms with van der Waals surface area (Å²) in [6.07, 6.45) is 0.377. The largest absolute Gasteiger partial charge is 0.493 e. The maximum Gasteiger partial charge on any atom is 0.226 e. The SMILES string of the molecule is COc1ccccc1OCCC(=O)N1CCN(c2cccc(C)c2)CC1. The molecule has 1 aliphatic rings. The van der Waals surface area contributed by atoms with Crippen molar-refractivity contribution in [1.82, 2.24) is 4.90 Å². The minimum atomic E-state index is 0.142. The zero-order chi connectivity index (χ0) is 18.4. The second-order valence-corrected chi connectivity index (χ2v) is 6.46. The van der Waals surface area contributed by atoms with Crippen LogP contribution in [0.5, 0.6) is 11.5 Å². The van der Waals surface area contributed by atoms with Gasteiger partial charge in [0.05, 0.1) is 20.1 Å². The highest BCUT2D eigenvalue weighted by Crippen LogP contribution is 2.26. The Morgan fingerprint density at radius 2 is 1.73 bits per heavy atom. The average Bonchev–Trinajstić information content (AvgIpc) is 2.68. The first-order valence-corrected chi connectivity index (χ1v) is 9.02. The summed E-state index contributed by atoms with van der Waals surface area (Å²) in [5, 5.41) is 0. The molecule has 0 atom stereocenters. The molecule has 1 heterocycles. The van der Waals surface area contributed by atoms with Crippen molar-refractivity contribution in [3.05, 3.63) is 54.1 Å². The Balaban J connectivity index is 1.45. The first-order valence-electron chi connectivity index (χ1n) is 9.02. The van der Waals surface area contributed by atoms with Crippen LogP contribution in [0.4, 0.5) is 5.69 Å². The summed E-state index contributed by atoms with van der Waals surface area (Å²) in [6.45, 7) is 5.69. The Labute approximate surface area is 155 Å². The molecule has 2 aromatic rings. The number of para-hydroxylation sites is 2. The molecule has 0 bridgehead atoms. The number of carbonyl (C=O) groups excluding carboxylic acids is 1. The summed E-state index contributed by atoms with van der Waals surface area (Å²) in [5.74, 6) is 1.50. The van der Waals surface area contributed by atoms with Crippen LogP contribution in [0.2, 0.25) is 0 Å². The van der Waals surface area contributed by atoms with Crippen molar-refractivity contribution < 1.29 is 14.3 Å². The number of methoxy groups -OCH3 is 1. The Bertz CT molecular complexity index is 740. The van der Waals surface area contributed by atoms with Crippen LogP contribution in [0, 0.1) is 6.92 Å². The molecule has 26 heavy (non-hydrogen) atoms. The minimum absolute atomic E-state index is 0.142. The highest BCUT2D eigenvalue weighted by atomic mass is 16.5. The summed E-state index contributed by atoms with van der Waals surface area (Å²) in [6, 6.07) is 16.0. The predicted molar refractivity (Wildman–Crippen MR) is 103 cm³/mol. The predicted octanol–water partition coefficient (Wildman–Crippen LogP) is 3.12. The molecular weight excluding hydrogens is 328 g/mol. The number of benzene rings is 2. The van der Waals surface area contributed by atoms with Gasteiger partial charge in [-0.2, -0.15) is 0 Å².